The summed E-state index contributed by atoms with van der Waals surface area (Å²) in [6.45, 7) is 1.09. The van der Waals surface area contributed by atoms with Crippen molar-refractivity contribution in [1.82, 2.24) is 4.90 Å². The lowest BCUT2D eigenvalue weighted by molar-refractivity contribution is -0.149. The molecule has 2 rings (SSSR count). The summed E-state index contributed by atoms with van der Waals surface area (Å²) >= 11 is 0. The van der Waals surface area contributed by atoms with Crippen molar-refractivity contribution < 1.29 is 9.53 Å². The zero-order chi connectivity index (χ0) is 10.7. The van der Waals surface area contributed by atoms with E-state index >= 15 is 0 Å². The molecule has 1 saturated heterocycles. The first kappa shape index (κ1) is 10.9. The summed E-state index contributed by atoms with van der Waals surface area (Å²) in [4.78, 5) is 14.1. The van der Waals surface area contributed by atoms with Crippen LogP contribution >= 0.6 is 0 Å². The Morgan fingerprint density at radius 2 is 1.80 bits per heavy atom. The maximum absolute atomic E-state index is 11.7. The van der Waals surface area contributed by atoms with Gasteiger partial charge in [-0.25, -0.2) is 0 Å². The number of carbonyl (C=O) groups is 1. The van der Waals surface area contributed by atoms with E-state index in [1.165, 1.54) is 45.6 Å². The van der Waals surface area contributed by atoms with Crippen LogP contribution in [0.4, 0.5) is 0 Å². The second kappa shape index (κ2) is 4.97. The van der Waals surface area contributed by atoms with Crippen LogP contribution in [0.3, 0.4) is 0 Å². The first-order valence-electron chi connectivity index (χ1n) is 6.16. The van der Waals surface area contributed by atoms with Crippen LogP contribution in [0.15, 0.2) is 0 Å². The minimum Gasteiger partial charge on any atom is -0.468 e. The molecule has 2 aliphatic rings. The van der Waals surface area contributed by atoms with Gasteiger partial charge in [0.1, 0.15) is 6.04 Å². The van der Waals surface area contributed by atoms with Gasteiger partial charge in [0, 0.05) is 6.04 Å². The van der Waals surface area contributed by atoms with Gasteiger partial charge in [-0.2, -0.15) is 0 Å². The first-order valence-corrected chi connectivity index (χ1v) is 6.16. The van der Waals surface area contributed by atoms with E-state index in [4.69, 9.17) is 4.74 Å². The molecule has 0 aromatic heterocycles. The fourth-order valence-electron chi connectivity index (χ4n) is 3.02. The molecule has 0 bridgehead atoms. The molecule has 0 aromatic rings. The summed E-state index contributed by atoms with van der Waals surface area (Å²) in [5.74, 6) is -0.0263. The number of rotatable bonds is 2. The number of likely N-dealkylation sites (tertiary alicyclic amines) is 1. The average Bonchev–Trinajstić information content (AvgIpc) is 2.81. The van der Waals surface area contributed by atoms with Gasteiger partial charge in [-0.3, -0.25) is 9.69 Å². The highest BCUT2D eigenvalue weighted by Gasteiger charge is 2.35. The van der Waals surface area contributed by atoms with Gasteiger partial charge >= 0.3 is 5.97 Å². The molecule has 3 heteroatoms. The van der Waals surface area contributed by atoms with Crippen molar-refractivity contribution in [1.29, 1.82) is 0 Å². The number of hydrogen-bond acceptors (Lipinski definition) is 3. The summed E-state index contributed by atoms with van der Waals surface area (Å²) in [5, 5.41) is 0. The maximum Gasteiger partial charge on any atom is 0.323 e. The van der Waals surface area contributed by atoms with Gasteiger partial charge < -0.3 is 4.74 Å². The largest absolute Gasteiger partial charge is 0.468 e. The highest BCUT2D eigenvalue weighted by Crippen LogP contribution is 2.29. The number of carbonyl (C=O) groups excluding carboxylic acids is 1. The molecule has 1 aliphatic heterocycles. The Labute approximate surface area is 91.8 Å². The van der Waals surface area contributed by atoms with Crippen molar-refractivity contribution in [2.75, 3.05) is 13.7 Å². The van der Waals surface area contributed by atoms with Gasteiger partial charge in [-0.15, -0.1) is 0 Å². The predicted octanol–water partition coefficient (Wildman–Crippen LogP) is 1.96. The molecule has 86 valence electrons. The van der Waals surface area contributed by atoms with Gasteiger partial charge in [0.25, 0.3) is 0 Å². The van der Waals surface area contributed by atoms with Crippen LogP contribution in [0.1, 0.15) is 44.9 Å². The van der Waals surface area contributed by atoms with Crippen LogP contribution in [0.25, 0.3) is 0 Å². The standard InChI is InChI=1S/C12H21NO2/c1-15-12(14)11-8-4-5-9-13(11)10-6-2-3-7-10/h10-11H,2-9H2,1H3/t11-/m1/s1. The Hall–Kier alpha value is -0.570. The highest BCUT2D eigenvalue weighted by atomic mass is 16.5. The summed E-state index contributed by atoms with van der Waals surface area (Å²) in [5.41, 5.74) is 0. The Morgan fingerprint density at radius 1 is 1.13 bits per heavy atom. The second-order valence-corrected chi connectivity index (χ2v) is 4.71. The number of piperidine rings is 1. The monoisotopic (exact) mass is 211 g/mol. The average molecular weight is 211 g/mol. The maximum atomic E-state index is 11.7. The molecule has 2 fully saturated rings. The van der Waals surface area contributed by atoms with E-state index in [9.17, 15) is 4.79 Å². The van der Waals surface area contributed by atoms with Crippen molar-refractivity contribution in [3.8, 4) is 0 Å². The Kier molecular flexibility index (Phi) is 3.62. The van der Waals surface area contributed by atoms with E-state index in [0.29, 0.717) is 6.04 Å². The van der Waals surface area contributed by atoms with Crippen LogP contribution in [0.2, 0.25) is 0 Å². The molecule has 0 N–H and O–H groups in total. The number of esters is 1. The number of ether oxygens (including phenoxy) is 1. The van der Waals surface area contributed by atoms with E-state index in [2.05, 4.69) is 4.90 Å². The number of methoxy groups -OCH3 is 1. The topological polar surface area (TPSA) is 29.5 Å². The molecule has 1 saturated carbocycles. The molecule has 1 heterocycles. The molecule has 0 radical (unpaired) electrons. The van der Waals surface area contributed by atoms with Crippen molar-refractivity contribution in [3.05, 3.63) is 0 Å². The number of hydrogen-bond donors (Lipinski definition) is 0. The summed E-state index contributed by atoms with van der Waals surface area (Å²) in [7, 11) is 1.50. The summed E-state index contributed by atoms with van der Waals surface area (Å²) in [6.07, 6.45) is 8.60. The molecule has 1 atom stereocenters. The fourth-order valence-corrected chi connectivity index (χ4v) is 3.02. The van der Waals surface area contributed by atoms with Crippen LogP contribution < -0.4 is 0 Å². The van der Waals surface area contributed by atoms with Crippen molar-refractivity contribution in [2.24, 2.45) is 0 Å². The third-order valence-electron chi connectivity index (χ3n) is 3.81. The minimum absolute atomic E-state index is 0.0263. The quantitative estimate of drug-likeness (QED) is 0.654. The second-order valence-electron chi connectivity index (χ2n) is 4.71. The zero-order valence-electron chi connectivity index (χ0n) is 9.58. The van der Waals surface area contributed by atoms with E-state index in [0.717, 1.165) is 13.0 Å². The molecular weight excluding hydrogens is 190 g/mol. The highest BCUT2D eigenvalue weighted by molar-refractivity contribution is 5.75. The molecule has 0 spiro atoms. The van der Waals surface area contributed by atoms with Gasteiger partial charge in [0.2, 0.25) is 0 Å². The van der Waals surface area contributed by atoms with Crippen LogP contribution in [0, 0.1) is 0 Å². The van der Waals surface area contributed by atoms with E-state index in [1.54, 1.807) is 0 Å². The van der Waals surface area contributed by atoms with E-state index in [-0.39, 0.29) is 12.0 Å². The van der Waals surface area contributed by atoms with Gasteiger partial charge in [0.05, 0.1) is 7.11 Å². The van der Waals surface area contributed by atoms with Crippen molar-refractivity contribution in [3.63, 3.8) is 0 Å². The number of nitrogens with zero attached hydrogens (tertiary/aromatic N) is 1. The molecule has 0 aromatic carbocycles. The van der Waals surface area contributed by atoms with Crippen molar-refractivity contribution in [2.45, 2.75) is 57.0 Å². The zero-order valence-corrected chi connectivity index (χ0v) is 9.58. The molecule has 3 nitrogen and oxygen atoms in total. The molecular formula is C12H21NO2. The molecule has 15 heavy (non-hydrogen) atoms. The van der Waals surface area contributed by atoms with E-state index in [1.807, 2.05) is 0 Å². The Bertz CT molecular complexity index is 224. The molecule has 0 unspecified atom stereocenters. The molecule has 1 aliphatic carbocycles. The third kappa shape index (κ3) is 2.33. The Morgan fingerprint density at radius 3 is 2.47 bits per heavy atom. The van der Waals surface area contributed by atoms with Crippen LogP contribution in [-0.4, -0.2) is 36.6 Å². The summed E-state index contributed by atoms with van der Waals surface area (Å²) < 4.78 is 4.90. The third-order valence-corrected chi connectivity index (χ3v) is 3.81. The lowest BCUT2D eigenvalue weighted by Gasteiger charge is -2.38. The van der Waals surface area contributed by atoms with Gasteiger partial charge in [-0.05, 0) is 32.2 Å². The minimum atomic E-state index is -0.0263. The lowest BCUT2D eigenvalue weighted by Crippen LogP contribution is -2.49. The van der Waals surface area contributed by atoms with Gasteiger partial charge in [0.15, 0.2) is 0 Å². The fraction of sp³-hybridized carbons (Fsp3) is 0.917. The first-order chi connectivity index (χ1) is 7.33. The van der Waals surface area contributed by atoms with Crippen LogP contribution in [-0.2, 0) is 9.53 Å². The van der Waals surface area contributed by atoms with Crippen LogP contribution in [0.5, 0.6) is 0 Å². The SMILES string of the molecule is COC(=O)[C@H]1CCCCN1C1CCCC1. The Balaban J connectivity index is 2.01. The summed E-state index contributed by atoms with van der Waals surface area (Å²) in [6, 6.07) is 0.696. The smallest absolute Gasteiger partial charge is 0.323 e. The van der Waals surface area contributed by atoms with Gasteiger partial charge in [-0.1, -0.05) is 19.3 Å². The lowest BCUT2D eigenvalue weighted by atomic mass is 9.99. The van der Waals surface area contributed by atoms with Crippen molar-refractivity contribution >= 4 is 5.97 Å². The predicted molar refractivity (Wildman–Crippen MR) is 58.6 cm³/mol. The van der Waals surface area contributed by atoms with E-state index < -0.39 is 0 Å². The normalized spacial score (nSPS) is 29.3. The molecule has 0 amide bonds.